The highest BCUT2D eigenvalue weighted by atomic mass is 32.2. The van der Waals surface area contributed by atoms with Crippen LogP contribution in [0.15, 0.2) is 0 Å². The van der Waals surface area contributed by atoms with E-state index < -0.39 is 10.0 Å². The number of sulfonamides is 1. The number of carbonyl (C=O) groups is 1. The predicted octanol–water partition coefficient (Wildman–Crippen LogP) is 1.60. The van der Waals surface area contributed by atoms with E-state index in [9.17, 15) is 13.2 Å². The second kappa shape index (κ2) is 4.94. The van der Waals surface area contributed by atoms with E-state index in [4.69, 9.17) is 0 Å². The van der Waals surface area contributed by atoms with Crippen molar-refractivity contribution < 1.29 is 13.2 Å². The minimum absolute atomic E-state index is 0.00965. The van der Waals surface area contributed by atoms with Gasteiger partial charge < -0.3 is 5.32 Å². The van der Waals surface area contributed by atoms with Crippen molar-refractivity contribution in [3.05, 3.63) is 0 Å². The van der Waals surface area contributed by atoms with Crippen molar-refractivity contribution >= 4 is 15.9 Å². The standard InChI is InChI=1S/C16H28N2O3S/c1-11(2)8-17-14(19)9-18-13-7-12-5-6-16(13,15(12,3)4)10-22(18,20)21/h11-13H,5-10H2,1-4H3,(H,17,19)/t12-,13-,16+/m1/s1. The number of fused-ring (bicyclic) bond motifs is 1. The minimum atomic E-state index is -3.32. The van der Waals surface area contributed by atoms with Crippen LogP contribution in [0.2, 0.25) is 0 Å². The number of nitrogens with zero attached hydrogens (tertiary/aromatic N) is 1. The summed E-state index contributed by atoms with van der Waals surface area (Å²) in [6.45, 7) is 9.09. The van der Waals surface area contributed by atoms with Crippen LogP contribution in [-0.4, -0.2) is 43.5 Å². The molecule has 1 N–H and O–H groups in total. The van der Waals surface area contributed by atoms with Crippen LogP contribution in [0.1, 0.15) is 47.0 Å². The van der Waals surface area contributed by atoms with E-state index in [1.54, 1.807) is 0 Å². The molecule has 1 heterocycles. The lowest BCUT2D eigenvalue weighted by Crippen LogP contribution is -2.46. The van der Waals surface area contributed by atoms with Crippen molar-refractivity contribution in [1.29, 1.82) is 0 Å². The zero-order valence-electron chi connectivity index (χ0n) is 14.1. The van der Waals surface area contributed by atoms with Gasteiger partial charge in [0.1, 0.15) is 0 Å². The summed E-state index contributed by atoms with van der Waals surface area (Å²) in [4.78, 5) is 12.1. The normalized spacial score (nSPS) is 38.4. The van der Waals surface area contributed by atoms with Crippen molar-refractivity contribution in [2.24, 2.45) is 22.7 Å². The smallest absolute Gasteiger partial charge is 0.235 e. The Bertz CT molecular complexity index is 584. The lowest BCUT2D eigenvalue weighted by molar-refractivity contribution is -0.122. The molecule has 2 bridgehead atoms. The van der Waals surface area contributed by atoms with Crippen LogP contribution >= 0.6 is 0 Å². The summed E-state index contributed by atoms with van der Waals surface area (Å²) in [6, 6.07) is 0.0241. The summed E-state index contributed by atoms with van der Waals surface area (Å²) in [6.07, 6.45) is 3.04. The lowest BCUT2D eigenvalue weighted by atomic mass is 9.69. The molecule has 6 heteroatoms. The zero-order valence-corrected chi connectivity index (χ0v) is 14.9. The molecule has 2 aliphatic carbocycles. The van der Waals surface area contributed by atoms with E-state index in [2.05, 4.69) is 19.2 Å². The molecule has 0 unspecified atom stereocenters. The summed E-state index contributed by atoms with van der Waals surface area (Å²) >= 11 is 0. The van der Waals surface area contributed by atoms with E-state index in [-0.39, 0.29) is 35.1 Å². The highest BCUT2D eigenvalue weighted by Gasteiger charge is 2.71. The SMILES string of the molecule is CC(C)CNC(=O)CN1[C@@H]2C[C@H]3CC[C@@]2(CS1(=O)=O)C3(C)C. The first kappa shape index (κ1) is 16.2. The molecule has 0 aromatic rings. The van der Waals surface area contributed by atoms with Crippen molar-refractivity contribution in [1.82, 2.24) is 9.62 Å². The third kappa shape index (κ3) is 2.13. The third-order valence-electron chi connectivity index (χ3n) is 6.54. The van der Waals surface area contributed by atoms with Gasteiger partial charge in [0, 0.05) is 18.0 Å². The first-order valence-electron chi connectivity index (χ1n) is 8.36. The Kier molecular flexibility index (Phi) is 3.64. The maximum atomic E-state index is 12.7. The van der Waals surface area contributed by atoms with Gasteiger partial charge in [-0.25, -0.2) is 8.42 Å². The van der Waals surface area contributed by atoms with E-state index in [1.807, 2.05) is 13.8 Å². The molecule has 1 spiro atoms. The summed E-state index contributed by atoms with van der Waals surface area (Å²) in [5.41, 5.74) is -0.0806. The maximum Gasteiger partial charge on any atom is 0.235 e. The molecular weight excluding hydrogens is 300 g/mol. The van der Waals surface area contributed by atoms with Crippen LogP contribution < -0.4 is 5.32 Å². The summed E-state index contributed by atoms with van der Waals surface area (Å²) in [7, 11) is -3.32. The van der Waals surface area contributed by atoms with Crippen molar-refractivity contribution in [2.75, 3.05) is 18.8 Å². The van der Waals surface area contributed by atoms with Crippen LogP contribution in [-0.2, 0) is 14.8 Å². The molecule has 0 aromatic carbocycles. The Morgan fingerprint density at radius 2 is 2.05 bits per heavy atom. The topological polar surface area (TPSA) is 66.5 Å². The van der Waals surface area contributed by atoms with Gasteiger partial charge in [0.25, 0.3) is 0 Å². The number of hydrogen-bond donors (Lipinski definition) is 1. The van der Waals surface area contributed by atoms with Gasteiger partial charge in [0.15, 0.2) is 0 Å². The Morgan fingerprint density at radius 3 is 2.64 bits per heavy atom. The molecule has 0 radical (unpaired) electrons. The van der Waals surface area contributed by atoms with Crippen molar-refractivity contribution in [2.45, 2.75) is 53.0 Å². The van der Waals surface area contributed by atoms with Crippen LogP contribution in [0.5, 0.6) is 0 Å². The van der Waals surface area contributed by atoms with Gasteiger partial charge in [-0.2, -0.15) is 4.31 Å². The third-order valence-corrected chi connectivity index (χ3v) is 8.52. The number of nitrogens with one attached hydrogen (secondary N) is 1. The maximum absolute atomic E-state index is 12.7. The molecule has 0 aromatic heterocycles. The number of carbonyl (C=O) groups excluding carboxylic acids is 1. The first-order valence-corrected chi connectivity index (χ1v) is 9.97. The van der Waals surface area contributed by atoms with E-state index >= 15 is 0 Å². The average Bonchev–Trinajstić information content (AvgIpc) is 2.86. The minimum Gasteiger partial charge on any atom is -0.355 e. The Balaban J connectivity index is 1.80. The van der Waals surface area contributed by atoms with E-state index in [0.29, 0.717) is 18.4 Å². The predicted molar refractivity (Wildman–Crippen MR) is 85.7 cm³/mol. The van der Waals surface area contributed by atoms with Crippen LogP contribution in [0.3, 0.4) is 0 Å². The largest absolute Gasteiger partial charge is 0.355 e. The molecule has 126 valence electrons. The molecule has 2 saturated carbocycles. The van der Waals surface area contributed by atoms with Gasteiger partial charge in [-0.3, -0.25) is 4.79 Å². The van der Waals surface area contributed by atoms with Crippen molar-refractivity contribution in [3.8, 4) is 0 Å². The lowest BCUT2D eigenvalue weighted by Gasteiger charge is -2.37. The highest BCUT2D eigenvalue weighted by Crippen LogP contribution is 2.69. The fourth-order valence-corrected chi connectivity index (χ4v) is 7.61. The highest BCUT2D eigenvalue weighted by molar-refractivity contribution is 7.89. The summed E-state index contributed by atoms with van der Waals surface area (Å²) in [5.74, 6) is 1.02. The van der Waals surface area contributed by atoms with Crippen LogP contribution in [0, 0.1) is 22.7 Å². The zero-order chi connectivity index (χ0) is 16.3. The molecule has 3 aliphatic rings. The fourth-order valence-electron chi connectivity index (χ4n) is 5.10. The fraction of sp³-hybridized carbons (Fsp3) is 0.938. The van der Waals surface area contributed by atoms with Crippen LogP contribution in [0.25, 0.3) is 0 Å². The number of amides is 1. The number of rotatable bonds is 4. The molecule has 3 rings (SSSR count). The van der Waals surface area contributed by atoms with Gasteiger partial charge in [0.05, 0.1) is 12.3 Å². The molecule has 1 amide bonds. The molecule has 3 atom stereocenters. The molecular formula is C16H28N2O3S. The van der Waals surface area contributed by atoms with Gasteiger partial charge >= 0.3 is 0 Å². The van der Waals surface area contributed by atoms with Gasteiger partial charge in [-0.1, -0.05) is 27.7 Å². The molecule has 5 nitrogen and oxygen atoms in total. The van der Waals surface area contributed by atoms with E-state index in [0.717, 1.165) is 19.3 Å². The average molecular weight is 328 g/mol. The van der Waals surface area contributed by atoms with Crippen molar-refractivity contribution in [3.63, 3.8) is 0 Å². The Morgan fingerprint density at radius 1 is 1.36 bits per heavy atom. The summed E-state index contributed by atoms with van der Waals surface area (Å²) < 4.78 is 26.8. The second-order valence-electron chi connectivity index (χ2n) is 8.36. The van der Waals surface area contributed by atoms with Crippen LogP contribution in [0.4, 0.5) is 0 Å². The first-order chi connectivity index (χ1) is 10.1. The van der Waals surface area contributed by atoms with Gasteiger partial charge in [-0.05, 0) is 36.5 Å². The van der Waals surface area contributed by atoms with Gasteiger partial charge in [-0.15, -0.1) is 0 Å². The number of hydrogen-bond acceptors (Lipinski definition) is 3. The molecule has 3 fully saturated rings. The monoisotopic (exact) mass is 328 g/mol. The van der Waals surface area contributed by atoms with Gasteiger partial charge in [0.2, 0.25) is 15.9 Å². The quantitative estimate of drug-likeness (QED) is 0.852. The Labute approximate surface area is 133 Å². The summed E-state index contributed by atoms with van der Waals surface area (Å²) in [5, 5.41) is 2.84. The second-order valence-corrected chi connectivity index (χ2v) is 10.3. The van der Waals surface area contributed by atoms with E-state index in [1.165, 1.54) is 4.31 Å². The molecule has 22 heavy (non-hydrogen) atoms. The molecule has 1 saturated heterocycles. The molecule has 1 aliphatic heterocycles. The Hall–Kier alpha value is -0.620.